The van der Waals surface area contributed by atoms with E-state index in [1.807, 2.05) is 0 Å². The van der Waals surface area contributed by atoms with Crippen molar-refractivity contribution in [1.82, 2.24) is 4.90 Å². The lowest BCUT2D eigenvalue weighted by atomic mass is 10.9. The summed E-state index contributed by atoms with van der Waals surface area (Å²) in [5, 5.41) is 0. The third kappa shape index (κ3) is 6.02. The third-order valence-electron chi connectivity index (χ3n) is 1.59. The topological polar surface area (TPSA) is 55.8 Å². The van der Waals surface area contributed by atoms with Gasteiger partial charge in [0.25, 0.3) is 0 Å². The van der Waals surface area contributed by atoms with Crippen molar-refractivity contribution < 1.29 is 18.2 Å². The van der Waals surface area contributed by atoms with Gasteiger partial charge in [-0.2, -0.15) is 0 Å². The molecule has 7 heteroatoms. The van der Waals surface area contributed by atoms with Crippen LogP contribution < -0.4 is 0 Å². The van der Waals surface area contributed by atoms with E-state index in [2.05, 4.69) is 6.04 Å². The van der Waals surface area contributed by atoms with Crippen molar-refractivity contribution in [3.8, 4) is 12.5 Å². The quantitative estimate of drug-likeness (QED) is 0.411. The van der Waals surface area contributed by atoms with Crippen LogP contribution in [0.4, 0.5) is 0 Å². The van der Waals surface area contributed by atoms with Gasteiger partial charge in [-0.25, -0.2) is 0 Å². The van der Waals surface area contributed by atoms with Gasteiger partial charge in [-0.05, 0) is 13.3 Å². The molecule has 0 saturated carbocycles. The second-order valence-corrected chi connectivity index (χ2v) is 9.17. The van der Waals surface area contributed by atoms with Crippen LogP contribution in [0.15, 0.2) is 0 Å². The van der Waals surface area contributed by atoms with Crippen molar-refractivity contribution in [2.45, 2.75) is 0 Å². The predicted molar refractivity (Wildman–Crippen MR) is 61.5 cm³/mol. The van der Waals surface area contributed by atoms with Crippen molar-refractivity contribution in [3.05, 3.63) is 0 Å². The van der Waals surface area contributed by atoms with Gasteiger partial charge in [0, 0.05) is 20.3 Å². The lowest BCUT2D eigenvalue weighted by Gasteiger charge is -2.23. The molecule has 88 valence electrons. The average Bonchev–Trinajstić information content (AvgIpc) is 2.14. The third-order valence-corrected chi connectivity index (χ3v) is 4.42. The smallest absolute Gasteiger partial charge is 0.322 e. The van der Waals surface area contributed by atoms with E-state index in [0.717, 1.165) is 0 Å². The van der Waals surface area contributed by atoms with E-state index in [0.29, 0.717) is 0 Å². The Bertz CT molecular complexity index is 322. The molecule has 0 aliphatic heterocycles. The van der Waals surface area contributed by atoms with E-state index in [4.69, 9.17) is 15.5 Å². The lowest BCUT2D eigenvalue weighted by molar-refractivity contribution is 0.262. The minimum atomic E-state index is -3.18. The van der Waals surface area contributed by atoms with Crippen molar-refractivity contribution in [2.24, 2.45) is 0 Å². The van der Waals surface area contributed by atoms with Crippen LogP contribution in [0.5, 0.6) is 0 Å². The van der Waals surface area contributed by atoms with Crippen LogP contribution in [0, 0.1) is 12.5 Å². The number of terminal acetylenes is 1. The minimum Gasteiger partial charge on any atom is -0.322 e. The normalized spacial score (nSPS) is 12.2. The molecular weight excluding hydrogens is 236 g/mol. The zero-order chi connectivity index (χ0) is 12.1. The summed E-state index contributed by atoms with van der Waals surface area (Å²) < 4.78 is 32.8. The number of nitrogens with zero attached hydrogens (tertiary/aromatic N) is 1. The largest absolute Gasteiger partial charge is 0.349 e. The molecule has 0 fully saturated rings. The van der Waals surface area contributed by atoms with E-state index < -0.39 is 14.7 Å². The Morgan fingerprint density at radius 2 is 1.67 bits per heavy atom. The van der Waals surface area contributed by atoms with Gasteiger partial charge in [0.2, 0.25) is 0 Å². The summed E-state index contributed by atoms with van der Waals surface area (Å²) >= 11 is 0. The van der Waals surface area contributed by atoms with Gasteiger partial charge in [-0.3, -0.25) is 4.57 Å². The van der Waals surface area contributed by atoms with Crippen LogP contribution in [0.25, 0.3) is 0 Å². The summed E-state index contributed by atoms with van der Waals surface area (Å²) in [6.07, 6.45) is 5.36. The number of rotatable bonds is 6. The second-order valence-electron chi connectivity index (χ2n) is 3.50. The molecular formula is C8H17NO4P2. The van der Waals surface area contributed by atoms with Crippen LogP contribution in [-0.2, 0) is 18.2 Å². The van der Waals surface area contributed by atoms with Gasteiger partial charge in [-0.15, -0.1) is 0 Å². The average molecular weight is 253 g/mol. The van der Waals surface area contributed by atoms with E-state index in [1.165, 1.54) is 19.1 Å². The molecule has 0 aromatic heterocycles. The molecule has 0 atom stereocenters. The molecule has 0 aromatic rings. The standard InChI is InChI=1S/C8H17NO4P2/c1-6-9(7-14(4,5)10)8-15(11,12-2)13-3/h1H,7-8H2,2-5H3. The Kier molecular flexibility index (Phi) is 5.62. The van der Waals surface area contributed by atoms with E-state index in [-0.39, 0.29) is 12.6 Å². The van der Waals surface area contributed by atoms with Gasteiger partial charge in [0.05, 0.1) is 6.29 Å². The molecule has 5 nitrogen and oxygen atoms in total. The molecule has 0 aliphatic carbocycles. The zero-order valence-electron chi connectivity index (χ0n) is 9.47. The predicted octanol–water partition coefficient (Wildman–Crippen LogP) is 1.90. The molecule has 0 radical (unpaired) electrons. The minimum absolute atomic E-state index is 0.0534. The first-order valence-corrected chi connectivity index (χ1v) is 8.73. The zero-order valence-corrected chi connectivity index (χ0v) is 11.3. The SMILES string of the molecule is C#CN(CP(C)(C)=O)CP(=O)(OC)OC. The summed E-state index contributed by atoms with van der Waals surface area (Å²) in [5.74, 6) is 0. The Labute approximate surface area is 91.0 Å². The van der Waals surface area contributed by atoms with E-state index in [1.54, 1.807) is 13.3 Å². The summed E-state index contributed by atoms with van der Waals surface area (Å²) in [4.78, 5) is 1.36. The van der Waals surface area contributed by atoms with Gasteiger partial charge >= 0.3 is 7.60 Å². The molecule has 0 spiro atoms. The molecule has 0 rings (SSSR count). The van der Waals surface area contributed by atoms with Crippen LogP contribution in [0.1, 0.15) is 0 Å². The van der Waals surface area contributed by atoms with Crippen molar-refractivity contribution >= 4 is 14.7 Å². The van der Waals surface area contributed by atoms with Gasteiger partial charge < -0.3 is 18.5 Å². The van der Waals surface area contributed by atoms with Crippen molar-refractivity contribution in [1.29, 1.82) is 0 Å². The molecule has 0 amide bonds. The van der Waals surface area contributed by atoms with Crippen molar-refractivity contribution in [3.63, 3.8) is 0 Å². The molecule has 0 bridgehead atoms. The molecule has 0 unspecified atom stereocenters. The molecule has 0 aromatic carbocycles. The van der Waals surface area contributed by atoms with E-state index >= 15 is 0 Å². The second kappa shape index (κ2) is 5.72. The fourth-order valence-corrected chi connectivity index (χ4v) is 3.08. The van der Waals surface area contributed by atoms with Crippen LogP contribution in [-0.4, -0.2) is 45.0 Å². The Morgan fingerprint density at radius 3 is 1.93 bits per heavy atom. The van der Waals surface area contributed by atoms with Crippen LogP contribution in [0.3, 0.4) is 0 Å². The molecule has 15 heavy (non-hydrogen) atoms. The molecule has 0 aliphatic rings. The molecule has 0 heterocycles. The highest BCUT2D eigenvalue weighted by atomic mass is 31.2. The number of hydrogen-bond acceptors (Lipinski definition) is 5. The fraction of sp³-hybridized carbons (Fsp3) is 0.750. The lowest BCUT2D eigenvalue weighted by Crippen LogP contribution is -2.21. The Balaban J connectivity index is 4.55. The maximum absolute atomic E-state index is 11.7. The van der Waals surface area contributed by atoms with E-state index in [9.17, 15) is 9.13 Å². The summed E-state index contributed by atoms with van der Waals surface area (Å²) in [6.45, 7) is 3.23. The Morgan fingerprint density at radius 1 is 1.20 bits per heavy atom. The number of hydrogen-bond donors (Lipinski definition) is 0. The Hall–Kier alpha value is -0.260. The maximum atomic E-state index is 11.7. The highest BCUT2D eigenvalue weighted by Crippen LogP contribution is 2.48. The van der Waals surface area contributed by atoms with Crippen molar-refractivity contribution in [2.75, 3.05) is 40.1 Å². The highest BCUT2D eigenvalue weighted by molar-refractivity contribution is 7.62. The molecule has 0 N–H and O–H groups in total. The fourth-order valence-electron chi connectivity index (χ4n) is 0.937. The molecule has 0 saturated heterocycles. The highest BCUT2D eigenvalue weighted by Gasteiger charge is 2.26. The summed E-state index contributed by atoms with van der Waals surface area (Å²) in [7, 11) is -2.90. The van der Waals surface area contributed by atoms with Gasteiger partial charge in [-0.1, -0.05) is 6.42 Å². The van der Waals surface area contributed by atoms with Crippen LogP contribution in [0.2, 0.25) is 0 Å². The maximum Gasteiger partial charge on any atom is 0.349 e. The first-order chi connectivity index (χ1) is 6.76. The summed E-state index contributed by atoms with van der Waals surface area (Å²) in [6, 6.07) is 2.31. The first kappa shape index (κ1) is 14.7. The van der Waals surface area contributed by atoms with Crippen LogP contribution >= 0.6 is 14.7 Å². The summed E-state index contributed by atoms with van der Waals surface area (Å²) in [5.41, 5.74) is 0. The van der Waals surface area contributed by atoms with Gasteiger partial charge in [0.1, 0.15) is 13.4 Å². The van der Waals surface area contributed by atoms with Gasteiger partial charge in [0.15, 0.2) is 0 Å². The monoisotopic (exact) mass is 253 g/mol. The first-order valence-electron chi connectivity index (χ1n) is 4.22.